The molecule has 1 rings (SSSR count). The Morgan fingerprint density at radius 2 is 1.90 bits per heavy atom. The first-order valence-electron chi connectivity index (χ1n) is 3.30. The molecule has 10 heavy (non-hydrogen) atoms. The number of hydrogen-bond acceptors (Lipinski definition) is 4. The van der Waals surface area contributed by atoms with Crippen molar-refractivity contribution in [1.82, 2.24) is 5.32 Å². The highest BCUT2D eigenvalue weighted by atomic mass is 32.2. The monoisotopic (exact) mass is 162 g/mol. The molecule has 1 aliphatic rings. The Bertz CT molecular complexity index is 208. The van der Waals surface area contributed by atoms with Gasteiger partial charge >= 0.3 is 10.5 Å². The number of piperidine rings is 1. The van der Waals surface area contributed by atoms with Gasteiger partial charge in [0.25, 0.3) is 0 Å². The quantitative estimate of drug-likeness (QED) is 0.581. The van der Waals surface area contributed by atoms with Crippen LogP contribution in [0.25, 0.3) is 0 Å². The molecule has 1 saturated heterocycles. The Hall–Kier alpha value is -0.420. The van der Waals surface area contributed by atoms with Crippen LogP contribution in [0.4, 0.5) is 0 Å². The van der Waals surface area contributed by atoms with E-state index in [0.717, 1.165) is 25.9 Å². The highest BCUT2D eigenvalue weighted by Crippen LogP contribution is 2.05. The molecule has 0 aliphatic carbocycles. The van der Waals surface area contributed by atoms with Crippen LogP contribution in [0, 0.1) is 0 Å². The average molecular weight is 162 g/mol. The number of nitrogens with one attached hydrogen (secondary N) is 1. The summed E-state index contributed by atoms with van der Waals surface area (Å²) in [5.74, 6) is 0. The fourth-order valence-corrected chi connectivity index (χ4v) is 1.49. The molecule has 1 N–H and O–H groups in total. The first-order valence-corrected chi connectivity index (χ1v) is 4.33. The summed E-state index contributed by atoms with van der Waals surface area (Å²) in [6.45, 7) is 1.76. The van der Waals surface area contributed by atoms with Crippen LogP contribution >= 0.6 is 0 Å². The van der Waals surface area contributed by atoms with Crippen molar-refractivity contribution in [3.8, 4) is 0 Å². The minimum absolute atomic E-state index is 0.0274. The second-order valence-corrected chi connectivity index (χ2v) is 2.95. The lowest BCUT2D eigenvalue weighted by atomic mass is 10.1. The molecule has 0 atom stereocenters. The molecule has 0 saturated carbocycles. The van der Waals surface area contributed by atoms with Gasteiger partial charge in [-0.05, 0) is 25.9 Å². The maximum atomic E-state index is 10.1. The molecule has 1 aliphatic heterocycles. The summed E-state index contributed by atoms with van der Waals surface area (Å²) >= 11 is 0. The van der Waals surface area contributed by atoms with E-state index < -0.39 is 10.5 Å². The molecule has 1 fully saturated rings. The largest absolute Gasteiger partial charge is 0.317 e. The molecule has 0 aromatic heterocycles. The maximum absolute atomic E-state index is 10.1. The SMILES string of the molecule is O=S(=O)=NC1CCNCC1. The number of nitrogens with zero attached hydrogens (tertiary/aromatic N) is 1. The third-order valence-electron chi connectivity index (χ3n) is 1.54. The molecule has 0 amide bonds. The standard InChI is InChI=1S/C5H10N2O2S/c8-10(9)7-5-1-3-6-4-2-5/h5-6H,1-4H2. The van der Waals surface area contributed by atoms with E-state index in [-0.39, 0.29) is 6.04 Å². The normalized spacial score (nSPS) is 20.4. The minimum Gasteiger partial charge on any atom is -0.317 e. The van der Waals surface area contributed by atoms with Gasteiger partial charge in [0.05, 0.1) is 6.04 Å². The molecule has 0 unspecified atom stereocenters. The number of rotatable bonds is 1. The second kappa shape index (κ2) is 3.68. The molecule has 0 radical (unpaired) electrons. The van der Waals surface area contributed by atoms with Gasteiger partial charge in [0.2, 0.25) is 0 Å². The molecule has 0 bridgehead atoms. The molecule has 58 valence electrons. The highest BCUT2D eigenvalue weighted by Gasteiger charge is 2.10. The van der Waals surface area contributed by atoms with Gasteiger partial charge in [0, 0.05) is 0 Å². The topological polar surface area (TPSA) is 58.5 Å². The van der Waals surface area contributed by atoms with Gasteiger partial charge in [-0.25, -0.2) is 0 Å². The smallest absolute Gasteiger partial charge is 0.311 e. The molecule has 0 aromatic carbocycles. The van der Waals surface area contributed by atoms with Gasteiger partial charge in [-0.2, -0.15) is 12.8 Å². The van der Waals surface area contributed by atoms with Gasteiger partial charge in [0.15, 0.2) is 0 Å². The molecule has 0 spiro atoms. The minimum atomic E-state index is -2.22. The third-order valence-corrected chi connectivity index (χ3v) is 2.01. The molecule has 4 nitrogen and oxygen atoms in total. The lowest BCUT2D eigenvalue weighted by molar-refractivity contribution is 0.460. The van der Waals surface area contributed by atoms with E-state index in [1.54, 1.807) is 0 Å². The second-order valence-electron chi connectivity index (χ2n) is 2.30. The van der Waals surface area contributed by atoms with Crippen LogP contribution in [0.1, 0.15) is 12.8 Å². The molecule has 0 aromatic rings. The van der Waals surface area contributed by atoms with Crippen molar-refractivity contribution < 1.29 is 8.42 Å². The van der Waals surface area contributed by atoms with Crippen LogP contribution in [0.2, 0.25) is 0 Å². The first-order chi connectivity index (χ1) is 4.79. The van der Waals surface area contributed by atoms with Gasteiger partial charge in [-0.15, -0.1) is 0 Å². The van der Waals surface area contributed by atoms with Gasteiger partial charge in [-0.1, -0.05) is 0 Å². The predicted octanol–water partition coefficient (Wildman–Crippen LogP) is -0.199. The van der Waals surface area contributed by atoms with E-state index in [2.05, 4.69) is 9.68 Å². The summed E-state index contributed by atoms with van der Waals surface area (Å²) in [5.41, 5.74) is 0. The van der Waals surface area contributed by atoms with Crippen LogP contribution in [0.15, 0.2) is 4.36 Å². The summed E-state index contributed by atoms with van der Waals surface area (Å²) in [5, 5.41) is 3.13. The Morgan fingerprint density at radius 3 is 2.40 bits per heavy atom. The van der Waals surface area contributed by atoms with Crippen molar-refractivity contribution in [2.24, 2.45) is 4.36 Å². The van der Waals surface area contributed by atoms with E-state index in [0.29, 0.717) is 0 Å². The Kier molecular flexibility index (Phi) is 2.82. The fourth-order valence-electron chi connectivity index (χ4n) is 1.03. The van der Waals surface area contributed by atoms with E-state index in [1.807, 2.05) is 0 Å². The Labute approximate surface area is 61.3 Å². The van der Waals surface area contributed by atoms with Crippen LogP contribution in [0.5, 0.6) is 0 Å². The summed E-state index contributed by atoms with van der Waals surface area (Å²) < 4.78 is 23.7. The fraction of sp³-hybridized carbons (Fsp3) is 1.00. The van der Waals surface area contributed by atoms with Crippen LogP contribution in [0.3, 0.4) is 0 Å². The molecular weight excluding hydrogens is 152 g/mol. The third kappa shape index (κ3) is 2.45. The van der Waals surface area contributed by atoms with Gasteiger partial charge < -0.3 is 5.32 Å². The zero-order valence-electron chi connectivity index (χ0n) is 5.58. The van der Waals surface area contributed by atoms with Crippen molar-refractivity contribution in [3.05, 3.63) is 0 Å². The summed E-state index contributed by atoms with van der Waals surface area (Å²) in [6, 6.07) is 0.0274. The van der Waals surface area contributed by atoms with E-state index in [4.69, 9.17) is 0 Å². The Morgan fingerprint density at radius 1 is 1.30 bits per heavy atom. The Balaban J connectivity index is 2.48. The van der Waals surface area contributed by atoms with Crippen molar-refractivity contribution in [2.45, 2.75) is 18.9 Å². The van der Waals surface area contributed by atoms with Crippen molar-refractivity contribution in [1.29, 1.82) is 0 Å². The maximum Gasteiger partial charge on any atom is 0.311 e. The first kappa shape index (κ1) is 7.68. The molecule has 1 heterocycles. The van der Waals surface area contributed by atoms with Crippen molar-refractivity contribution >= 4 is 10.5 Å². The zero-order chi connectivity index (χ0) is 7.40. The van der Waals surface area contributed by atoms with Crippen molar-refractivity contribution in [3.63, 3.8) is 0 Å². The van der Waals surface area contributed by atoms with E-state index >= 15 is 0 Å². The van der Waals surface area contributed by atoms with Crippen LogP contribution < -0.4 is 5.32 Å². The molecule has 5 heteroatoms. The van der Waals surface area contributed by atoms with Crippen LogP contribution in [-0.4, -0.2) is 27.5 Å². The number of hydrogen-bond donors (Lipinski definition) is 1. The predicted molar refractivity (Wildman–Crippen MR) is 37.2 cm³/mol. The van der Waals surface area contributed by atoms with Gasteiger partial charge in [-0.3, -0.25) is 0 Å². The van der Waals surface area contributed by atoms with E-state index in [1.165, 1.54) is 0 Å². The highest BCUT2D eigenvalue weighted by molar-refractivity contribution is 7.61. The molecular formula is C5H10N2O2S. The van der Waals surface area contributed by atoms with Crippen molar-refractivity contribution in [2.75, 3.05) is 13.1 Å². The summed E-state index contributed by atoms with van der Waals surface area (Å²) in [4.78, 5) is 0. The zero-order valence-corrected chi connectivity index (χ0v) is 6.39. The lowest BCUT2D eigenvalue weighted by Crippen LogP contribution is -2.29. The van der Waals surface area contributed by atoms with Gasteiger partial charge in [0.1, 0.15) is 0 Å². The summed E-state index contributed by atoms with van der Waals surface area (Å²) in [7, 11) is -2.22. The lowest BCUT2D eigenvalue weighted by Gasteiger charge is -2.16. The van der Waals surface area contributed by atoms with Crippen LogP contribution in [-0.2, 0) is 10.5 Å². The van der Waals surface area contributed by atoms with E-state index in [9.17, 15) is 8.42 Å². The summed E-state index contributed by atoms with van der Waals surface area (Å²) in [6.07, 6.45) is 1.68. The average Bonchev–Trinajstić information content (AvgIpc) is 1.88.